The summed E-state index contributed by atoms with van der Waals surface area (Å²) in [5.41, 5.74) is -6.65. The fraction of sp³-hybridized carbons (Fsp3) is 0.400. The Labute approximate surface area is 97.3 Å². The van der Waals surface area contributed by atoms with Gasteiger partial charge in [-0.05, 0) is 19.4 Å². The van der Waals surface area contributed by atoms with Gasteiger partial charge < -0.3 is 0 Å². The van der Waals surface area contributed by atoms with Crippen molar-refractivity contribution in [3.8, 4) is 0 Å². The highest BCUT2D eigenvalue weighted by molar-refractivity contribution is 7.87. The summed E-state index contributed by atoms with van der Waals surface area (Å²) in [7, 11) is -5.60. The lowest BCUT2D eigenvalue weighted by atomic mass is 9.99. The molecule has 0 fully saturated rings. The van der Waals surface area contributed by atoms with E-state index in [4.69, 9.17) is 0 Å². The molecule has 0 atom stereocenters. The van der Waals surface area contributed by atoms with Crippen molar-refractivity contribution in [3.05, 3.63) is 35.9 Å². The highest BCUT2D eigenvalue weighted by atomic mass is 32.2. The molecular formula is C10H11F3O3S. The van der Waals surface area contributed by atoms with Crippen LogP contribution in [-0.2, 0) is 19.9 Å². The molecule has 0 unspecified atom stereocenters. The third kappa shape index (κ3) is 3.19. The predicted molar refractivity (Wildman–Crippen MR) is 55.5 cm³/mol. The maximum absolute atomic E-state index is 12.2. The minimum absolute atomic E-state index is 0.341. The van der Waals surface area contributed by atoms with E-state index >= 15 is 0 Å². The van der Waals surface area contributed by atoms with Gasteiger partial charge in [0, 0.05) is 0 Å². The van der Waals surface area contributed by atoms with Crippen LogP contribution in [0.2, 0.25) is 0 Å². The third-order valence-corrected chi connectivity index (χ3v) is 3.27. The van der Waals surface area contributed by atoms with Crippen LogP contribution in [0.1, 0.15) is 19.4 Å². The lowest BCUT2D eigenvalue weighted by Crippen LogP contribution is -2.33. The smallest absolute Gasteiger partial charge is 0.252 e. The molecule has 3 nitrogen and oxygen atoms in total. The fourth-order valence-corrected chi connectivity index (χ4v) is 1.95. The van der Waals surface area contributed by atoms with Crippen molar-refractivity contribution in [2.75, 3.05) is 0 Å². The Morgan fingerprint density at radius 1 is 1.06 bits per heavy atom. The van der Waals surface area contributed by atoms with Crippen LogP contribution in [0.25, 0.3) is 0 Å². The zero-order chi connectivity index (χ0) is 13.3. The second-order valence-corrected chi connectivity index (χ2v) is 5.40. The summed E-state index contributed by atoms with van der Waals surface area (Å²) in [6, 6.07) is 7.82. The second kappa shape index (κ2) is 4.30. The summed E-state index contributed by atoms with van der Waals surface area (Å²) in [5, 5.41) is 0. The van der Waals surface area contributed by atoms with E-state index in [1.807, 2.05) is 0 Å². The molecule has 0 N–H and O–H groups in total. The lowest BCUT2D eigenvalue weighted by molar-refractivity contribution is -0.0631. The zero-order valence-electron chi connectivity index (χ0n) is 9.15. The maximum atomic E-state index is 12.2. The van der Waals surface area contributed by atoms with Crippen molar-refractivity contribution in [1.29, 1.82) is 0 Å². The van der Waals surface area contributed by atoms with Gasteiger partial charge in [0.1, 0.15) is 5.60 Å². The average molecular weight is 268 g/mol. The van der Waals surface area contributed by atoms with E-state index in [0.717, 1.165) is 0 Å². The summed E-state index contributed by atoms with van der Waals surface area (Å²) >= 11 is 0. The van der Waals surface area contributed by atoms with Gasteiger partial charge in [-0.15, -0.1) is 0 Å². The molecule has 17 heavy (non-hydrogen) atoms. The van der Waals surface area contributed by atoms with E-state index in [0.29, 0.717) is 5.56 Å². The van der Waals surface area contributed by atoms with Crippen molar-refractivity contribution in [3.63, 3.8) is 0 Å². The van der Waals surface area contributed by atoms with Crippen LogP contribution in [0.3, 0.4) is 0 Å². The quantitative estimate of drug-likeness (QED) is 0.625. The molecule has 0 spiro atoms. The molecular weight excluding hydrogens is 257 g/mol. The number of rotatable bonds is 3. The second-order valence-electron chi connectivity index (χ2n) is 3.86. The summed E-state index contributed by atoms with van der Waals surface area (Å²) in [4.78, 5) is 0. The zero-order valence-corrected chi connectivity index (χ0v) is 9.97. The highest BCUT2D eigenvalue weighted by Gasteiger charge is 2.50. The number of hydrogen-bond acceptors (Lipinski definition) is 3. The highest BCUT2D eigenvalue weighted by Crippen LogP contribution is 2.33. The topological polar surface area (TPSA) is 43.4 Å². The van der Waals surface area contributed by atoms with Crippen LogP contribution < -0.4 is 0 Å². The molecule has 0 aliphatic rings. The van der Waals surface area contributed by atoms with Gasteiger partial charge in [-0.2, -0.15) is 21.6 Å². The van der Waals surface area contributed by atoms with Crippen molar-refractivity contribution in [2.24, 2.45) is 0 Å². The van der Waals surface area contributed by atoms with E-state index in [9.17, 15) is 21.6 Å². The number of hydrogen-bond donors (Lipinski definition) is 0. The molecule has 96 valence electrons. The van der Waals surface area contributed by atoms with Crippen LogP contribution in [0.4, 0.5) is 13.2 Å². The lowest BCUT2D eigenvalue weighted by Gasteiger charge is -2.25. The van der Waals surface area contributed by atoms with E-state index < -0.39 is 21.2 Å². The van der Waals surface area contributed by atoms with Gasteiger partial charge in [-0.3, -0.25) is 4.18 Å². The Hall–Kier alpha value is -1.08. The number of benzene rings is 1. The Morgan fingerprint density at radius 2 is 1.53 bits per heavy atom. The summed E-state index contributed by atoms with van der Waals surface area (Å²) in [5.74, 6) is 0. The molecule has 0 heterocycles. The molecule has 1 aromatic carbocycles. The van der Waals surface area contributed by atoms with Crippen LogP contribution in [0, 0.1) is 0 Å². The summed E-state index contributed by atoms with van der Waals surface area (Å²) in [6.07, 6.45) is 0. The van der Waals surface area contributed by atoms with Crippen molar-refractivity contribution < 1.29 is 25.8 Å². The molecule has 0 amide bonds. The van der Waals surface area contributed by atoms with E-state index in [2.05, 4.69) is 4.18 Å². The van der Waals surface area contributed by atoms with Gasteiger partial charge in [0.05, 0.1) is 0 Å². The molecule has 0 saturated heterocycles. The number of halogens is 3. The van der Waals surface area contributed by atoms with Crippen LogP contribution >= 0.6 is 0 Å². The maximum Gasteiger partial charge on any atom is 0.523 e. The first kappa shape index (κ1) is 14.0. The Balaban J connectivity index is 3.04. The molecule has 1 aromatic rings. The van der Waals surface area contributed by atoms with Gasteiger partial charge in [0.25, 0.3) is 0 Å². The van der Waals surface area contributed by atoms with Gasteiger partial charge in [0.2, 0.25) is 0 Å². The van der Waals surface area contributed by atoms with Crippen LogP contribution in [0.15, 0.2) is 30.3 Å². The molecule has 0 aromatic heterocycles. The minimum Gasteiger partial charge on any atom is -0.252 e. The van der Waals surface area contributed by atoms with Gasteiger partial charge in [-0.1, -0.05) is 30.3 Å². The molecule has 0 aliphatic heterocycles. The molecule has 7 heteroatoms. The Morgan fingerprint density at radius 3 is 1.94 bits per heavy atom. The first-order valence-electron chi connectivity index (χ1n) is 4.64. The van der Waals surface area contributed by atoms with Gasteiger partial charge in [-0.25, -0.2) is 0 Å². The van der Waals surface area contributed by atoms with Crippen LogP contribution in [0.5, 0.6) is 0 Å². The summed E-state index contributed by atoms with van der Waals surface area (Å²) in [6.45, 7) is 2.51. The van der Waals surface area contributed by atoms with Crippen molar-refractivity contribution >= 4 is 10.1 Å². The standard InChI is InChI=1S/C10H11F3O3S/c1-9(2,8-6-4-3-5-7-8)16-17(14,15)10(11,12)13/h3-7H,1-2H3. The van der Waals surface area contributed by atoms with Crippen molar-refractivity contribution in [1.82, 2.24) is 0 Å². The molecule has 1 rings (SSSR count). The van der Waals surface area contributed by atoms with Gasteiger partial charge >= 0.3 is 15.6 Å². The normalized spacial score (nSPS) is 13.7. The molecule has 0 aliphatic carbocycles. The first-order valence-corrected chi connectivity index (χ1v) is 6.04. The molecule has 0 bridgehead atoms. The van der Waals surface area contributed by atoms with E-state index in [1.165, 1.54) is 26.0 Å². The first-order chi connectivity index (χ1) is 7.56. The fourth-order valence-electron chi connectivity index (χ4n) is 1.21. The van der Waals surface area contributed by atoms with Gasteiger partial charge in [0.15, 0.2) is 0 Å². The molecule has 0 saturated carbocycles. The predicted octanol–water partition coefficient (Wildman–Crippen LogP) is 2.79. The van der Waals surface area contributed by atoms with Crippen molar-refractivity contribution in [2.45, 2.75) is 25.0 Å². The Bertz CT molecular complexity index is 477. The largest absolute Gasteiger partial charge is 0.523 e. The summed E-state index contributed by atoms with van der Waals surface area (Å²) < 4.78 is 62.5. The van der Waals surface area contributed by atoms with Crippen LogP contribution in [-0.4, -0.2) is 13.9 Å². The average Bonchev–Trinajstić information content (AvgIpc) is 2.15. The Kier molecular flexibility index (Phi) is 3.54. The molecule has 0 radical (unpaired) electrons. The number of alkyl halides is 3. The van der Waals surface area contributed by atoms with E-state index in [1.54, 1.807) is 18.2 Å². The SMILES string of the molecule is CC(C)(OS(=O)(=O)C(F)(F)F)c1ccccc1. The monoisotopic (exact) mass is 268 g/mol. The van der Waals surface area contributed by atoms with E-state index in [-0.39, 0.29) is 0 Å². The third-order valence-electron chi connectivity index (χ3n) is 2.07. The minimum atomic E-state index is -5.60.